The third kappa shape index (κ3) is 3.62. The van der Waals surface area contributed by atoms with Crippen molar-refractivity contribution in [3.63, 3.8) is 0 Å². The van der Waals surface area contributed by atoms with Crippen LogP contribution < -0.4 is 5.32 Å². The molecule has 0 aliphatic rings. The molecule has 0 spiro atoms. The molecule has 0 aliphatic carbocycles. The molecule has 0 atom stereocenters. The van der Waals surface area contributed by atoms with Gasteiger partial charge in [0, 0.05) is 23.9 Å². The highest BCUT2D eigenvalue weighted by molar-refractivity contribution is 6.42. The Labute approximate surface area is 129 Å². The molecule has 0 aliphatic heterocycles. The normalized spacial score (nSPS) is 10.6. The topological polar surface area (TPSA) is 37.8 Å². The highest BCUT2D eigenvalue weighted by Crippen LogP contribution is 2.27. The first kappa shape index (κ1) is 15.1. The van der Waals surface area contributed by atoms with Gasteiger partial charge in [0.15, 0.2) is 5.82 Å². The molecule has 5 heteroatoms. The van der Waals surface area contributed by atoms with Crippen LogP contribution in [0.4, 0.5) is 5.82 Å². The van der Waals surface area contributed by atoms with Crippen molar-refractivity contribution in [2.75, 3.05) is 11.9 Å². The summed E-state index contributed by atoms with van der Waals surface area (Å²) in [7, 11) is 0. The lowest BCUT2D eigenvalue weighted by Crippen LogP contribution is -2.05. The lowest BCUT2D eigenvalue weighted by molar-refractivity contribution is 0.951. The highest BCUT2D eigenvalue weighted by atomic mass is 35.5. The molecule has 1 aromatic carbocycles. The Bertz CT molecular complexity index is 600. The molecule has 0 bridgehead atoms. The number of nitrogens with zero attached hydrogens (tertiary/aromatic N) is 2. The summed E-state index contributed by atoms with van der Waals surface area (Å²) in [5, 5.41) is 4.34. The molecule has 0 amide bonds. The van der Waals surface area contributed by atoms with Gasteiger partial charge in [-0.1, -0.05) is 37.0 Å². The summed E-state index contributed by atoms with van der Waals surface area (Å²) < 4.78 is 0. The van der Waals surface area contributed by atoms with E-state index in [-0.39, 0.29) is 0 Å². The second kappa shape index (κ2) is 6.91. The zero-order chi connectivity index (χ0) is 14.5. The van der Waals surface area contributed by atoms with Gasteiger partial charge in [-0.2, -0.15) is 0 Å². The van der Waals surface area contributed by atoms with Crippen molar-refractivity contribution in [3.8, 4) is 11.4 Å². The average Bonchev–Trinajstić information content (AvgIpc) is 2.47. The summed E-state index contributed by atoms with van der Waals surface area (Å²) in [5.74, 6) is 1.52. The van der Waals surface area contributed by atoms with E-state index < -0.39 is 0 Å². The molecule has 0 unspecified atom stereocenters. The lowest BCUT2D eigenvalue weighted by atomic mass is 10.2. The smallest absolute Gasteiger partial charge is 0.161 e. The summed E-state index contributed by atoms with van der Waals surface area (Å²) in [6.45, 7) is 5.08. The van der Waals surface area contributed by atoms with Crippen LogP contribution in [0.2, 0.25) is 10.0 Å². The fraction of sp³-hybridized carbons (Fsp3) is 0.333. The van der Waals surface area contributed by atoms with Gasteiger partial charge in [0.25, 0.3) is 0 Å². The van der Waals surface area contributed by atoms with E-state index in [0.717, 1.165) is 36.5 Å². The molecule has 2 aromatic rings. The van der Waals surface area contributed by atoms with Crippen LogP contribution >= 0.6 is 23.2 Å². The second-order valence-corrected chi connectivity index (χ2v) is 5.29. The SMILES string of the molecule is CCCNc1cc(CC)nc(-c2ccc(Cl)c(Cl)c2)n1. The van der Waals surface area contributed by atoms with Crippen LogP contribution in [0.5, 0.6) is 0 Å². The van der Waals surface area contributed by atoms with Gasteiger partial charge < -0.3 is 5.32 Å². The van der Waals surface area contributed by atoms with Gasteiger partial charge in [-0.15, -0.1) is 0 Å². The van der Waals surface area contributed by atoms with Gasteiger partial charge in [0.05, 0.1) is 10.0 Å². The minimum absolute atomic E-state index is 0.512. The van der Waals surface area contributed by atoms with Crippen LogP contribution in [0.1, 0.15) is 26.0 Å². The van der Waals surface area contributed by atoms with E-state index in [1.54, 1.807) is 12.1 Å². The lowest BCUT2D eigenvalue weighted by Gasteiger charge is -2.09. The zero-order valence-corrected chi connectivity index (χ0v) is 13.1. The number of nitrogens with one attached hydrogen (secondary N) is 1. The summed E-state index contributed by atoms with van der Waals surface area (Å²) in [6, 6.07) is 7.42. The molecular formula is C15H17Cl2N3. The molecule has 3 nitrogen and oxygen atoms in total. The number of anilines is 1. The van der Waals surface area contributed by atoms with Crippen LogP contribution in [0.3, 0.4) is 0 Å². The van der Waals surface area contributed by atoms with E-state index in [4.69, 9.17) is 23.2 Å². The largest absolute Gasteiger partial charge is 0.370 e. The Morgan fingerprint density at radius 2 is 1.85 bits per heavy atom. The van der Waals surface area contributed by atoms with Crippen LogP contribution in [0, 0.1) is 0 Å². The number of halogens is 2. The molecule has 0 saturated carbocycles. The first-order valence-electron chi connectivity index (χ1n) is 6.71. The number of hydrogen-bond donors (Lipinski definition) is 1. The molecule has 0 radical (unpaired) electrons. The summed E-state index contributed by atoms with van der Waals surface area (Å²) in [5.41, 5.74) is 1.87. The molecule has 1 heterocycles. The Morgan fingerprint density at radius 1 is 1.05 bits per heavy atom. The Morgan fingerprint density at radius 3 is 2.50 bits per heavy atom. The molecule has 0 fully saturated rings. The maximum absolute atomic E-state index is 6.06. The van der Waals surface area contributed by atoms with Gasteiger partial charge >= 0.3 is 0 Å². The van der Waals surface area contributed by atoms with Gasteiger partial charge in [0.1, 0.15) is 5.82 Å². The third-order valence-electron chi connectivity index (χ3n) is 2.88. The van der Waals surface area contributed by atoms with Crippen molar-refractivity contribution in [1.82, 2.24) is 9.97 Å². The number of benzene rings is 1. The Hall–Kier alpha value is -1.32. The number of hydrogen-bond acceptors (Lipinski definition) is 3. The quantitative estimate of drug-likeness (QED) is 0.859. The molecule has 0 saturated heterocycles. The summed E-state index contributed by atoms with van der Waals surface area (Å²) >= 11 is 12.0. The number of aryl methyl sites for hydroxylation is 1. The van der Waals surface area contributed by atoms with Crippen LogP contribution in [-0.4, -0.2) is 16.5 Å². The standard InChI is InChI=1S/C15H17Cl2N3/c1-3-7-18-14-9-11(4-2)19-15(20-14)10-5-6-12(16)13(17)8-10/h5-6,8-9H,3-4,7H2,1-2H3,(H,18,19,20). The van der Waals surface area contributed by atoms with Crippen LogP contribution in [-0.2, 0) is 6.42 Å². The van der Waals surface area contributed by atoms with E-state index in [0.29, 0.717) is 15.9 Å². The molecular weight excluding hydrogens is 293 g/mol. The molecule has 1 N–H and O–H groups in total. The van der Waals surface area contributed by atoms with Crippen molar-refractivity contribution in [3.05, 3.63) is 40.0 Å². The maximum atomic E-state index is 6.06. The zero-order valence-electron chi connectivity index (χ0n) is 11.6. The fourth-order valence-electron chi connectivity index (χ4n) is 1.79. The second-order valence-electron chi connectivity index (χ2n) is 4.48. The van der Waals surface area contributed by atoms with Crippen molar-refractivity contribution in [2.24, 2.45) is 0 Å². The molecule has 2 rings (SSSR count). The molecule has 20 heavy (non-hydrogen) atoms. The van der Waals surface area contributed by atoms with E-state index in [1.165, 1.54) is 0 Å². The minimum Gasteiger partial charge on any atom is -0.370 e. The van der Waals surface area contributed by atoms with Crippen molar-refractivity contribution >= 4 is 29.0 Å². The highest BCUT2D eigenvalue weighted by Gasteiger charge is 2.08. The van der Waals surface area contributed by atoms with Gasteiger partial charge in [0.2, 0.25) is 0 Å². The third-order valence-corrected chi connectivity index (χ3v) is 3.61. The summed E-state index contributed by atoms with van der Waals surface area (Å²) in [6.07, 6.45) is 1.91. The summed E-state index contributed by atoms with van der Waals surface area (Å²) in [4.78, 5) is 9.08. The van der Waals surface area contributed by atoms with E-state index in [9.17, 15) is 0 Å². The fourth-order valence-corrected chi connectivity index (χ4v) is 2.08. The monoisotopic (exact) mass is 309 g/mol. The predicted molar refractivity (Wildman–Crippen MR) is 85.6 cm³/mol. The van der Waals surface area contributed by atoms with Gasteiger partial charge in [-0.3, -0.25) is 0 Å². The average molecular weight is 310 g/mol. The van der Waals surface area contributed by atoms with Gasteiger partial charge in [-0.25, -0.2) is 9.97 Å². The van der Waals surface area contributed by atoms with Crippen molar-refractivity contribution in [2.45, 2.75) is 26.7 Å². The van der Waals surface area contributed by atoms with E-state index >= 15 is 0 Å². The maximum Gasteiger partial charge on any atom is 0.161 e. The number of rotatable bonds is 5. The van der Waals surface area contributed by atoms with Crippen LogP contribution in [0.25, 0.3) is 11.4 Å². The van der Waals surface area contributed by atoms with Gasteiger partial charge in [-0.05, 0) is 31.0 Å². The van der Waals surface area contributed by atoms with E-state index in [1.807, 2.05) is 12.1 Å². The Kier molecular flexibility index (Phi) is 5.21. The molecule has 106 valence electrons. The van der Waals surface area contributed by atoms with Crippen molar-refractivity contribution in [1.29, 1.82) is 0 Å². The first-order valence-corrected chi connectivity index (χ1v) is 7.47. The predicted octanol–water partition coefficient (Wildman–Crippen LogP) is 4.83. The minimum atomic E-state index is 0.512. The first-order chi connectivity index (χ1) is 9.63. The van der Waals surface area contributed by atoms with Crippen LogP contribution in [0.15, 0.2) is 24.3 Å². The van der Waals surface area contributed by atoms with E-state index in [2.05, 4.69) is 29.1 Å². The molecule has 1 aromatic heterocycles. The Balaban J connectivity index is 2.41. The van der Waals surface area contributed by atoms with Crippen molar-refractivity contribution < 1.29 is 0 Å². The number of aromatic nitrogens is 2.